The molecule has 0 aliphatic heterocycles. The van der Waals surface area contributed by atoms with E-state index in [1.807, 2.05) is 59.2 Å². The SMILES string of the molecule is CCOC(=O)c1c(C)nc(C)c(C(=O)OCC)c1-c1cc(=O)c2c(o1)c1ccccc1n2Cc1ccccc1. The molecular weight excluding hydrogens is 496 g/mol. The zero-order chi connectivity index (χ0) is 27.7. The Bertz CT molecular complexity index is 1740. The largest absolute Gasteiger partial charge is 0.462 e. The Morgan fingerprint density at radius 2 is 1.46 bits per heavy atom. The summed E-state index contributed by atoms with van der Waals surface area (Å²) in [5.41, 5.74) is 3.24. The Morgan fingerprint density at radius 1 is 0.872 bits per heavy atom. The molecule has 0 aliphatic carbocycles. The number of hydrogen-bond acceptors (Lipinski definition) is 7. The molecule has 0 radical (unpaired) electrons. The van der Waals surface area contributed by atoms with Gasteiger partial charge in [0.2, 0.25) is 5.43 Å². The number of aryl methyl sites for hydroxylation is 2. The van der Waals surface area contributed by atoms with Gasteiger partial charge in [0.05, 0.1) is 46.8 Å². The normalized spacial score (nSPS) is 11.2. The highest BCUT2D eigenvalue weighted by Gasteiger charge is 2.30. The fourth-order valence-corrected chi connectivity index (χ4v) is 5.00. The number of carbonyl (C=O) groups is 2. The second-order valence-corrected chi connectivity index (χ2v) is 9.09. The van der Waals surface area contributed by atoms with Gasteiger partial charge in [-0.3, -0.25) is 9.78 Å². The molecule has 0 N–H and O–H groups in total. The van der Waals surface area contributed by atoms with Crippen LogP contribution in [0.25, 0.3) is 33.3 Å². The van der Waals surface area contributed by atoms with Crippen LogP contribution in [-0.4, -0.2) is 34.7 Å². The molecule has 0 unspecified atom stereocenters. The number of hydrogen-bond donors (Lipinski definition) is 0. The summed E-state index contributed by atoms with van der Waals surface area (Å²) >= 11 is 0. The van der Waals surface area contributed by atoms with Crippen LogP contribution in [-0.2, 0) is 16.0 Å². The molecule has 5 rings (SSSR count). The average molecular weight is 525 g/mol. The minimum absolute atomic E-state index is 0.0565. The van der Waals surface area contributed by atoms with E-state index >= 15 is 0 Å². The Morgan fingerprint density at radius 3 is 2.08 bits per heavy atom. The van der Waals surface area contributed by atoms with Gasteiger partial charge in [-0.1, -0.05) is 42.5 Å². The van der Waals surface area contributed by atoms with Gasteiger partial charge in [0.25, 0.3) is 0 Å². The number of esters is 2. The van der Waals surface area contributed by atoms with Gasteiger partial charge in [0, 0.05) is 18.0 Å². The number of rotatable bonds is 7. The van der Waals surface area contributed by atoms with Crippen LogP contribution in [0.4, 0.5) is 0 Å². The lowest BCUT2D eigenvalue weighted by Gasteiger charge is -2.17. The van der Waals surface area contributed by atoms with Crippen LogP contribution >= 0.6 is 0 Å². The molecule has 0 aliphatic rings. The first kappa shape index (κ1) is 25.9. The monoisotopic (exact) mass is 524 g/mol. The third kappa shape index (κ3) is 4.58. The number of carbonyl (C=O) groups excluding carboxylic acids is 2. The van der Waals surface area contributed by atoms with Crippen molar-refractivity contribution in [2.24, 2.45) is 0 Å². The van der Waals surface area contributed by atoms with E-state index in [2.05, 4.69) is 4.98 Å². The number of benzene rings is 2. The molecular formula is C31H28N2O6. The number of fused-ring (bicyclic) bond motifs is 3. The molecule has 3 heterocycles. The van der Waals surface area contributed by atoms with Gasteiger partial charge in [-0.25, -0.2) is 9.59 Å². The van der Waals surface area contributed by atoms with E-state index in [0.717, 1.165) is 16.5 Å². The molecule has 0 fully saturated rings. The second-order valence-electron chi connectivity index (χ2n) is 9.09. The van der Waals surface area contributed by atoms with Crippen molar-refractivity contribution in [1.82, 2.24) is 9.55 Å². The third-order valence-electron chi connectivity index (χ3n) is 6.58. The van der Waals surface area contributed by atoms with E-state index in [9.17, 15) is 14.4 Å². The molecule has 0 amide bonds. The first-order chi connectivity index (χ1) is 18.8. The lowest BCUT2D eigenvalue weighted by Crippen LogP contribution is -2.18. The predicted octanol–water partition coefficient (Wildman–Crippen LogP) is 5.83. The van der Waals surface area contributed by atoms with Crippen LogP contribution in [0.3, 0.4) is 0 Å². The van der Waals surface area contributed by atoms with E-state index < -0.39 is 11.9 Å². The summed E-state index contributed by atoms with van der Waals surface area (Å²) in [5, 5.41) is 0.736. The number of ether oxygens (including phenoxy) is 2. The molecule has 5 aromatic rings. The molecule has 0 bridgehead atoms. The molecule has 3 aromatic heterocycles. The molecule has 198 valence electrons. The summed E-state index contributed by atoms with van der Waals surface area (Å²) in [6, 6.07) is 18.7. The lowest BCUT2D eigenvalue weighted by atomic mass is 9.96. The zero-order valence-corrected chi connectivity index (χ0v) is 22.2. The van der Waals surface area contributed by atoms with E-state index in [4.69, 9.17) is 13.9 Å². The van der Waals surface area contributed by atoms with Crippen molar-refractivity contribution in [2.45, 2.75) is 34.2 Å². The third-order valence-corrected chi connectivity index (χ3v) is 6.58. The quantitative estimate of drug-likeness (QED) is 0.247. The summed E-state index contributed by atoms with van der Waals surface area (Å²) in [4.78, 5) is 44.5. The van der Waals surface area contributed by atoms with Crippen molar-refractivity contribution >= 4 is 33.9 Å². The summed E-state index contributed by atoms with van der Waals surface area (Å²) in [6.45, 7) is 7.39. The van der Waals surface area contributed by atoms with Crippen LogP contribution in [0.5, 0.6) is 0 Å². The molecule has 8 heteroatoms. The van der Waals surface area contributed by atoms with Crippen LogP contribution < -0.4 is 5.43 Å². The number of nitrogens with zero attached hydrogens (tertiary/aromatic N) is 2. The summed E-state index contributed by atoms with van der Waals surface area (Å²) in [7, 11) is 0. The fraction of sp³-hybridized carbons (Fsp3) is 0.226. The van der Waals surface area contributed by atoms with E-state index in [1.54, 1.807) is 27.7 Å². The molecule has 0 spiro atoms. The predicted molar refractivity (Wildman–Crippen MR) is 148 cm³/mol. The maximum atomic E-state index is 13.8. The Hall–Kier alpha value is -4.72. The Balaban J connectivity index is 1.85. The molecule has 0 saturated carbocycles. The zero-order valence-electron chi connectivity index (χ0n) is 22.2. The van der Waals surface area contributed by atoms with Gasteiger partial charge in [-0.05, 0) is 45.4 Å². The van der Waals surface area contributed by atoms with Crippen molar-refractivity contribution in [1.29, 1.82) is 0 Å². The molecule has 0 saturated heterocycles. The minimum atomic E-state index is -0.669. The summed E-state index contributed by atoms with van der Waals surface area (Å²) in [6.07, 6.45) is 0. The molecule has 2 aromatic carbocycles. The number of aromatic nitrogens is 2. The van der Waals surface area contributed by atoms with E-state index in [0.29, 0.717) is 29.0 Å². The Labute approximate surface area is 224 Å². The maximum absolute atomic E-state index is 13.8. The second kappa shape index (κ2) is 10.6. The van der Waals surface area contributed by atoms with Gasteiger partial charge >= 0.3 is 11.9 Å². The van der Waals surface area contributed by atoms with E-state index in [-0.39, 0.29) is 41.1 Å². The molecule has 0 atom stereocenters. The summed E-state index contributed by atoms with van der Waals surface area (Å²) in [5.74, 6) is -1.27. The first-order valence-electron chi connectivity index (χ1n) is 12.8. The van der Waals surface area contributed by atoms with Gasteiger partial charge < -0.3 is 18.5 Å². The van der Waals surface area contributed by atoms with E-state index in [1.165, 1.54) is 6.07 Å². The lowest BCUT2D eigenvalue weighted by molar-refractivity contribution is 0.0524. The van der Waals surface area contributed by atoms with Crippen molar-refractivity contribution in [3.8, 4) is 11.3 Å². The Kier molecular flexibility index (Phi) is 7.02. The molecule has 8 nitrogen and oxygen atoms in total. The topological polar surface area (TPSA) is 101 Å². The van der Waals surface area contributed by atoms with Crippen molar-refractivity contribution in [2.75, 3.05) is 13.2 Å². The van der Waals surface area contributed by atoms with Crippen molar-refractivity contribution in [3.63, 3.8) is 0 Å². The highest BCUT2D eigenvalue weighted by atomic mass is 16.5. The van der Waals surface area contributed by atoms with Crippen LogP contribution in [0.2, 0.25) is 0 Å². The highest BCUT2D eigenvalue weighted by Crippen LogP contribution is 2.36. The smallest absolute Gasteiger partial charge is 0.340 e. The number of pyridine rings is 1. The number of para-hydroxylation sites is 1. The van der Waals surface area contributed by atoms with Gasteiger partial charge in [-0.2, -0.15) is 0 Å². The van der Waals surface area contributed by atoms with Gasteiger partial charge in [0.1, 0.15) is 11.3 Å². The van der Waals surface area contributed by atoms with Crippen LogP contribution in [0, 0.1) is 13.8 Å². The van der Waals surface area contributed by atoms with Crippen LogP contribution in [0.15, 0.2) is 69.9 Å². The molecule has 39 heavy (non-hydrogen) atoms. The average Bonchev–Trinajstić information content (AvgIpc) is 3.23. The van der Waals surface area contributed by atoms with Crippen LogP contribution in [0.1, 0.15) is 51.5 Å². The fourth-order valence-electron chi connectivity index (χ4n) is 5.00. The van der Waals surface area contributed by atoms with Crippen molar-refractivity contribution < 1.29 is 23.5 Å². The maximum Gasteiger partial charge on any atom is 0.340 e. The highest BCUT2D eigenvalue weighted by molar-refractivity contribution is 6.08. The van der Waals surface area contributed by atoms with Gasteiger partial charge in [-0.15, -0.1) is 0 Å². The summed E-state index contributed by atoms with van der Waals surface area (Å²) < 4.78 is 19.0. The minimum Gasteiger partial charge on any atom is -0.462 e. The first-order valence-corrected chi connectivity index (χ1v) is 12.8. The van der Waals surface area contributed by atoms with Gasteiger partial charge in [0.15, 0.2) is 5.58 Å². The standard InChI is InChI=1S/C31H28N2O6/c1-5-37-30(35)25-18(3)32-19(4)26(31(36)38-6-2)27(25)24-16-23(34)28-29(39-24)21-14-10-11-15-22(21)33(28)17-20-12-8-7-9-13-20/h7-16H,5-6,17H2,1-4H3. The van der Waals surface area contributed by atoms with Crippen molar-refractivity contribution in [3.05, 3.63) is 99.0 Å².